The van der Waals surface area contributed by atoms with Crippen LogP contribution in [-0.4, -0.2) is 24.8 Å². The minimum Gasteiger partial charge on any atom is -0.368 e. The molecule has 3 rings (SSSR count). The van der Waals surface area contributed by atoms with E-state index >= 15 is 0 Å². The Kier molecular flexibility index (Phi) is 4.32. The smallest absolute Gasteiger partial charge is 0.223 e. The van der Waals surface area contributed by atoms with E-state index in [1.807, 2.05) is 28.8 Å². The van der Waals surface area contributed by atoms with Gasteiger partial charge in [-0.3, -0.25) is 0 Å². The standard InChI is InChI=1S/C13H11BrClN5S/c14-5-6-20-7-17-11-10(20)12(19-13(16)18-11)21-9-3-1-8(15)2-4-9/h1-4,7H,5-6H2,(H2,16,18,19). The molecule has 0 radical (unpaired) electrons. The fourth-order valence-electron chi connectivity index (χ4n) is 1.91. The van der Waals surface area contributed by atoms with Crippen LogP contribution in [0.3, 0.4) is 0 Å². The summed E-state index contributed by atoms with van der Waals surface area (Å²) in [6.07, 6.45) is 1.76. The fourth-order valence-corrected chi connectivity index (χ4v) is 3.36. The molecule has 0 aliphatic carbocycles. The lowest BCUT2D eigenvalue weighted by molar-refractivity contribution is 0.791. The molecular weight excluding hydrogens is 374 g/mol. The minimum absolute atomic E-state index is 0.225. The van der Waals surface area contributed by atoms with Crippen LogP contribution in [0.1, 0.15) is 0 Å². The number of nitrogens with zero attached hydrogens (tertiary/aromatic N) is 4. The number of hydrogen-bond acceptors (Lipinski definition) is 5. The number of aryl methyl sites for hydroxylation is 1. The molecule has 2 heterocycles. The van der Waals surface area contributed by atoms with Crippen molar-refractivity contribution in [3.63, 3.8) is 0 Å². The number of nitrogen functional groups attached to an aromatic ring is 1. The number of benzene rings is 1. The molecule has 21 heavy (non-hydrogen) atoms. The van der Waals surface area contributed by atoms with Crippen molar-refractivity contribution in [2.24, 2.45) is 0 Å². The molecule has 0 unspecified atom stereocenters. The zero-order valence-electron chi connectivity index (χ0n) is 10.8. The van der Waals surface area contributed by atoms with Gasteiger partial charge in [-0.15, -0.1) is 0 Å². The molecule has 0 atom stereocenters. The van der Waals surface area contributed by atoms with Crippen molar-refractivity contribution in [2.75, 3.05) is 11.1 Å². The average Bonchev–Trinajstić information content (AvgIpc) is 2.85. The first-order valence-corrected chi connectivity index (χ1v) is 8.46. The van der Waals surface area contributed by atoms with Crippen molar-refractivity contribution in [2.45, 2.75) is 16.5 Å². The first-order valence-electron chi connectivity index (χ1n) is 6.15. The third kappa shape index (κ3) is 3.14. The number of hydrogen-bond donors (Lipinski definition) is 1. The highest BCUT2D eigenvalue weighted by Gasteiger charge is 2.13. The Morgan fingerprint density at radius 2 is 2.00 bits per heavy atom. The molecular formula is C13H11BrClN5S. The highest BCUT2D eigenvalue weighted by molar-refractivity contribution is 9.09. The van der Waals surface area contributed by atoms with E-state index in [9.17, 15) is 0 Å². The maximum Gasteiger partial charge on any atom is 0.223 e. The van der Waals surface area contributed by atoms with Crippen molar-refractivity contribution < 1.29 is 0 Å². The summed E-state index contributed by atoms with van der Waals surface area (Å²) in [6.45, 7) is 0.790. The van der Waals surface area contributed by atoms with Crippen LogP contribution in [0.25, 0.3) is 11.2 Å². The maximum absolute atomic E-state index is 5.91. The van der Waals surface area contributed by atoms with Gasteiger partial charge in [-0.25, -0.2) is 9.97 Å². The highest BCUT2D eigenvalue weighted by Crippen LogP contribution is 2.32. The van der Waals surface area contributed by atoms with Gasteiger partial charge in [0.1, 0.15) is 10.5 Å². The van der Waals surface area contributed by atoms with Crippen LogP contribution in [0.15, 0.2) is 40.5 Å². The molecule has 0 spiro atoms. The number of fused-ring (bicyclic) bond motifs is 1. The van der Waals surface area contributed by atoms with Crippen molar-refractivity contribution in [1.82, 2.24) is 19.5 Å². The highest BCUT2D eigenvalue weighted by atomic mass is 79.9. The zero-order chi connectivity index (χ0) is 14.8. The second kappa shape index (κ2) is 6.21. The van der Waals surface area contributed by atoms with Crippen LogP contribution < -0.4 is 5.73 Å². The van der Waals surface area contributed by atoms with E-state index in [4.69, 9.17) is 17.3 Å². The molecule has 0 aliphatic rings. The first kappa shape index (κ1) is 14.6. The van der Waals surface area contributed by atoms with E-state index in [2.05, 4.69) is 30.9 Å². The van der Waals surface area contributed by atoms with Gasteiger partial charge < -0.3 is 10.3 Å². The van der Waals surface area contributed by atoms with E-state index in [0.717, 1.165) is 27.3 Å². The molecule has 0 bridgehead atoms. The summed E-state index contributed by atoms with van der Waals surface area (Å²) in [5.41, 5.74) is 7.27. The van der Waals surface area contributed by atoms with Gasteiger partial charge in [-0.1, -0.05) is 39.3 Å². The molecule has 0 saturated heterocycles. The average molecular weight is 385 g/mol. The molecule has 108 valence electrons. The van der Waals surface area contributed by atoms with Gasteiger partial charge in [0.15, 0.2) is 5.65 Å². The summed E-state index contributed by atoms with van der Waals surface area (Å²) in [5, 5.41) is 2.32. The van der Waals surface area contributed by atoms with Gasteiger partial charge in [0.25, 0.3) is 0 Å². The molecule has 0 saturated carbocycles. The Balaban J connectivity index is 2.07. The Bertz CT molecular complexity index is 774. The lowest BCUT2D eigenvalue weighted by atomic mass is 10.4. The monoisotopic (exact) mass is 383 g/mol. The molecule has 0 fully saturated rings. The van der Waals surface area contributed by atoms with E-state index in [1.165, 1.54) is 11.8 Å². The fraction of sp³-hybridized carbons (Fsp3) is 0.154. The second-order valence-electron chi connectivity index (χ2n) is 4.24. The molecule has 0 amide bonds. The predicted molar refractivity (Wildman–Crippen MR) is 89.1 cm³/mol. The second-order valence-corrected chi connectivity index (χ2v) is 6.53. The van der Waals surface area contributed by atoms with Crippen LogP contribution in [0, 0.1) is 0 Å². The van der Waals surface area contributed by atoms with Gasteiger partial charge in [-0.05, 0) is 24.3 Å². The maximum atomic E-state index is 5.91. The molecule has 8 heteroatoms. The number of imidazole rings is 1. The molecule has 5 nitrogen and oxygen atoms in total. The van der Waals surface area contributed by atoms with Crippen LogP contribution in [0.5, 0.6) is 0 Å². The molecule has 0 aliphatic heterocycles. The van der Waals surface area contributed by atoms with Crippen LogP contribution in [0.2, 0.25) is 5.02 Å². The third-order valence-electron chi connectivity index (χ3n) is 2.81. The van der Waals surface area contributed by atoms with E-state index < -0.39 is 0 Å². The Morgan fingerprint density at radius 3 is 2.71 bits per heavy atom. The number of nitrogens with two attached hydrogens (primary N) is 1. The van der Waals surface area contributed by atoms with Gasteiger partial charge >= 0.3 is 0 Å². The van der Waals surface area contributed by atoms with Gasteiger partial charge in [0.05, 0.1) is 6.33 Å². The number of anilines is 1. The number of halogens is 2. The van der Waals surface area contributed by atoms with Crippen molar-refractivity contribution in [3.8, 4) is 0 Å². The number of rotatable bonds is 4. The van der Waals surface area contributed by atoms with Crippen molar-refractivity contribution >= 4 is 56.4 Å². The normalized spacial score (nSPS) is 11.1. The first-order chi connectivity index (χ1) is 10.2. The number of aromatic nitrogens is 4. The molecule has 2 aromatic heterocycles. The lowest BCUT2D eigenvalue weighted by Gasteiger charge is -2.07. The van der Waals surface area contributed by atoms with Gasteiger partial charge in [-0.2, -0.15) is 4.98 Å². The third-order valence-corrected chi connectivity index (χ3v) is 4.40. The summed E-state index contributed by atoms with van der Waals surface area (Å²) in [6, 6.07) is 7.59. The molecule has 1 aromatic carbocycles. The molecule has 3 aromatic rings. The Labute approximate surface area is 139 Å². The summed E-state index contributed by atoms with van der Waals surface area (Å²) in [4.78, 5) is 13.9. The quantitative estimate of drug-likeness (QED) is 0.549. The van der Waals surface area contributed by atoms with Crippen LogP contribution >= 0.6 is 39.3 Å². The minimum atomic E-state index is 0.225. The zero-order valence-corrected chi connectivity index (χ0v) is 14.0. The SMILES string of the molecule is Nc1nc(Sc2ccc(Cl)cc2)c2c(ncn2CCBr)n1. The van der Waals surface area contributed by atoms with Gasteiger partial charge in [0, 0.05) is 21.8 Å². The van der Waals surface area contributed by atoms with Crippen molar-refractivity contribution in [3.05, 3.63) is 35.6 Å². The Hall–Kier alpha value is -1.31. The largest absolute Gasteiger partial charge is 0.368 e. The summed E-state index contributed by atoms with van der Waals surface area (Å²) < 4.78 is 2.02. The Morgan fingerprint density at radius 1 is 1.24 bits per heavy atom. The summed E-state index contributed by atoms with van der Waals surface area (Å²) in [7, 11) is 0. The summed E-state index contributed by atoms with van der Waals surface area (Å²) >= 11 is 10.9. The van der Waals surface area contributed by atoms with E-state index in [1.54, 1.807) is 6.33 Å². The number of alkyl halides is 1. The van der Waals surface area contributed by atoms with E-state index in [-0.39, 0.29) is 5.95 Å². The van der Waals surface area contributed by atoms with Crippen LogP contribution in [-0.2, 0) is 6.54 Å². The topological polar surface area (TPSA) is 69.6 Å². The van der Waals surface area contributed by atoms with E-state index in [0.29, 0.717) is 10.7 Å². The lowest BCUT2D eigenvalue weighted by Crippen LogP contribution is -2.02. The van der Waals surface area contributed by atoms with Gasteiger partial charge in [0.2, 0.25) is 5.95 Å². The molecule has 2 N–H and O–H groups in total. The van der Waals surface area contributed by atoms with Crippen LogP contribution in [0.4, 0.5) is 5.95 Å². The van der Waals surface area contributed by atoms with Crippen molar-refractivity contribution in [1.29, 1.82) is 0 Å². The summed E-state index contributed by atoms with van der Waals surface area (Å²) in [5.74, 6) is 0.225. The predicted octanol–water partition coefficient (Wildman–Crippen LogP) is 3.61.